The summed E-state index contributed by atoms with van der Waals surface area (Å²) in [5.41, 5.74) is 1.11. The largest absolute Gasteiger partial charge is 0.493 e. The lowest BCUT2D eigenvalue weighted by molar-refractivity contribution is -0.145. The highest BCUT2D eigenvalue weighted by atomic mass is 16.5. The Labute approximate surface area is 138 Å². The normalized spacial score (nSPS) is 21.9. The van der Waals surface area contributed by atoms with Gasteiger partial charge in [-0.2, -0.15) is 0 Å². The Kier molecular flexibility index (Phi) is 6.28. The number of hydrogen-bond donors (Lipinski definition) is 1. The van der Waals surface area contributed by atoms with Crippen molar-refractivity contribution < 1.29 is 19.4 Å². The van der Waals surface area contributed by atoms with E-state index in [1.54, 1.807) is 7.11 Å². The molecule has 1 fully saturated rings. The van der Waals surface area contributed by atoms with Crippen LogP contribution in [0.1, 0.15) is 38.7 Å². The van der Waals surface area contributed by atoms with Crippen molar-refractivity contribution in [2.24, 2.45) is 5.92 Å². The fraction of sp³-hybridized carbons (Fsp3) is 0.611. The minimum atomic E-state index is -0.692. The topological polar surface area (TPSA) is 59.0 Å². The molecule has 0 bridgehead atoms. The molecule has 23 heavy (non-hydrogen) atoms. The van der Waals surface area contributed by atoms with Crippen LogP contribution in [-0.2, 0) is 11.3 Å². The van der Waals surface area contributed by atoms with Crippen molar-refractivity contribution in [1.82, 2.24) is 4.90 Å². The van der Waals surface area contributed by atoms with E-state index in [1.165, 1.54) is 0 Å². The first-order valence-electron chi connectivity index (χ1n) is 8.33. The van der Waals surface area contributed by atoms with Crippen molar-refractivity contribution in [3.8, 4) is 11.5 Å². The molecule has 0 radical (unpaired) electrons. The molecule has 1 aliphatic rings. The van der Waals surface area contributed by atoms with Crippen LogP contribution in [0.25, 0.3) is 0 Å². The summed E-state index contributed by atoms with van der Waals surface area (Å²) in [5, 5.41) is 9.33. The van der Waals surface area contributed by atoms with Gasteiger partial charge in [-0.05, 0) is 50.4 Å². The molecule has 0 spiro atoms. The third-order valence-electron chi connectivity index (χ3n) is 4.51. The molecule has 128 valence electrons. The number of likely N-dealkylation sites (tertiary alicyclic amines) is 1. The van der Waals surface area contributed by atoms with Gasteiger partial charge in [-0.3, -0.25) is 9.69 Å². The predicted molar refractivity (Wildman–Crippen MR) is 89.0 cm³/mol. The minimum absolute atomic E-state index is 0.0447. The number of nitrogens with zero attached hydrogens (tertiary/aromatic N) is 1. The van der Waals surface area contributed by atoms with Crippen LogP contribution in [0.2, 0.25) is 0 Å². The van der Waals surface area contributed by atoms with Gasteiger partial charge in [-0.15, -0.1) is 0 Å². The zero-order valence-corrected chi connectivity index (χ0v) is 14.2. The second-order valence-electron chi connectivity index (χ2n) is 6.13. The Bertz CT molecular complexity index is 532. The summed E-state index contributed by atoms with van der Waals surface area (Å²) in [7, 11) is 1.64. The van der Waals surface area contributed by atoms with Crippen LogP contribution < -0.4 is 9.47 Å². The minimum Gasteiger partial charge on any atom is -0.493 e. The van der Waals surface area contributed by atoms with Crippen molar-refractivity contribution in [1.29, 1.82) is 0 Å². The maximum absolute atomic E-state index is 11.3. The summed E-state index contributed by atoms with van der Waals surface area (Å²) in [6.45, 7) is 6.40. The van der Waals surface area contributed by atoms with Crippen molar-refractivity contribution in [3.63, 3.8) is 0 Å². The number of carbonyl (C=O) groups is 1. The van der Waals surface area contributed by atoms with E-state index in [9.17, 15) is 9.90 Å². The molecule has 1 heterocycles. The first-order valence-corrected chi connectivity index (χ1v) is 8.33. The average Bonchev–Trinajstić information content (AvgIpc) is 2.55. The molecular formula is C18H27NO4. The molecule has 5 nitrogen and oxygen atoms in total. The summed E-state index contributed by atoms with van der Waals surface area (Å²) < 4.78 is 11.1. The van der Waals surface area contributed by atoms with Gasteiger partial charge in [0.15, 0.2) is 11.5 Å². The van der Waals surface area contributed by atoms with Gasteiger partial charge in [0.05, 0.1) is 19.6 Å². The SMILES string of the molecule is CCCOc1ccc(CN2CCC[C@H](C(=O)O)[C@@H]2C)cc1OC. The maximum atomic E-state index is 11.3. The van der Waals surface area contributed by atoms with E-state index in [0.717, 1.165) is 49.4 Å². The Morgan fingerprint density at radius 2 is 2.17 bits per heavy atom. The lowest BCUT2D eigenvalue weighted by Gasteiger charge is -2.37. The molecule has 2 atom stereocenters. The van der Waals surface area contributed by atoms with Crippen LogP contribution in [0, 0.1) is 5.92 Å². The second kappa shape index (κ2) is 8.20. The van der Waals surface area contributed by atoms with Gasteiger partial charge < -0.3 is 14.6 Å². The number of methoxy groups -OCH3 is 1. The average molecular weight is 321 g/mol. The monoisotopic (exact) mass is 321 g/mol. The van der Waals surface area contributed by atoms with Crippen LogP contribution in [0.4, 0.5) is 0 Å². The molecular weight excluding hydrogens is 294 g/mol. The van der Waals surface area contributed by atoms with Gasteiger partial charge in [0.25, 0.3) is 0 Å². The number of aliphatic carboxylic acids is 1. The number of piperidine rings is 1. The molecule has 0 saturated carbocycles. The van der Waals surface area contributed by atoms with Gasteiger partial charge in [0.1, 0.15) is 0 Å². The van der Waals surface area contributed by atoms with E-state index in [-0.39, 0.29) is 12.0 Å². The first-order chi connectivity index (χ1) is 11.1. The molecule has 1 saturated heterocycles. The molecule has 0 aliphatic carbocycles. The van der Waals surface area contributed by atoms with E-state index >= 15 is 0 Å². The standard InChI is InChI=1S/C18H27NO4/c1-4-10-23-16-8-7-14(11-17(16)22-3)12-19-9-5-6-15(13(19)2)18(20)21/h7-8,11,13,15H,4-6,9-10,12H2,1-3H3,(H,20,21)/t13-,15-/m0/s1. The summed E-state index contributed by atoms with van der Waals surface area (Å²) in [6, 6.07) is 6.00. The molecule has 0 unspecified atom stereocenters. The molecule has 0 amide bonds. The quantitative estimate of drug-likeness (QED) is 0.836. The molecule has 1 aromatic rings. The number of carboxylic acid groups (broad SMARTS) is 1. The summed E-state index contributed by atoms with van der Waals surface area (Å²) >= 11 is 0. The summed E-state index contributed by atoms with van der Waals surface area (Å²) in [6.07, 6.45) is 2.64. The van der Waals surface area contributed by atoms with Crippen molar-refractivity contribution in [3.05, 3.63) is 23.8 Å². The molecule has 1 aliphatic heterocycles. The van der Waals surface area contributed by atoms with Crippen LogP contribution in [0.3, 0.4) is 0 Å². The van der Waals surface area contributed by atoms with Gasteiger partial charge in [-0.25, -0.2) is 0 Å². The first kappa shape index (κ1) is 17.6. The van der Waals surface area contributed by atoms with Crippen LogP contribution >= 0.6 is 0 Å². The number of ether oxygens (including phenoxy) is 2. The van der Waals surface area contributed by atoms with Gasteiger partial charge in [-0.1, -0.05) is 13.0 Å². The Hall–Kier alpha value is -1.75. The van der Waals surface area contributed by atoms with E-state index in [0.29, 0.717) is 6.61 Å². The highest BCUT2D eigenvalue weighted by molar-refractivity contribution is 5.71. The van der Waals surface area contributed by atoms with E-state index in [1.807, 2.05) is 25.1 Å². The Morgan fingerprint density at radius 3 is 2.83 bits per heavy atom. The molecule has 1 aromatic carbocycles. The van der Waals surface area contributed by atoms with Crippen LogP contribution in [0.15, 0.2) is 18.2 Å². The highest BCUT2D eigenvalue weighted by Crippen LogP contribution is 2.30. The smallest absolute Gasteiger partial charge is 0.308 e. The number of rotatable bonds is 7. The fourth-order valence-electron chi connectivity index (χ4n) is 3.14. The van der Waals surface area contributed by atoms with Gasteiger partial charge in [0.2, 0.25) is 0 Å². The molecule has 1 N–H and O–H groups in total. The summed E-state index contributed by atoms with van der Waals surface area (Å²) in [5.74, 6) is 0.518. The van der Waals surface area contributed by atoms with Crippen molar-refractivity contribution >= 4 is 5.97 Å². The number of carboxylic acids is 1. The predicted octanol–water partition coefficient (Wildman–Crippen LogP) is 3.17. The van der Waals surface area contributed by atoms with Crippen LogP contribution in [0.5, 0.6) is 11.5 Å². The lowest BCUT2D eigenvalue weighted by Crippen LogP contribution is -2.45. The zero-order chi connectivity index (χ0) is 16.8. The third-order valence-corrected chi connectivity index (χ3v) is 4.51. The fourth-order valence-corrected chi connectivity index (χ4v) is 3.14. The Balaban J connectivity index is 2.08. The summed E-state index contributed by atoms with van der Waals surface area (Å²) in [4.78, 5) is 13.6. The van der Waals surface area contributed by atoms with Crippen molar-refractivity contribution in [2.75, 3.05) is 20.3 Å². The number of hydrogen-bond acceptors (Lipinski definition) is 4. The van der Waals surface area contributed by atoms with Crippen LogP contribution in [-0.4, -0.2) is 42.3 Å². The lowest BCUT2D eigenvalue weighted by atomic mass is 9.90. The third kappa shape index (κ3) is 4.38. The highest BCUT2D eigenvalue weighted by Gasteiger charge is 2.32. The molecule has 0 aromatic heterocycles. The van der Waals surface area contributed by atoms with Gasteiger partial charge >= 0.3 is 5.97 Å². The zero-order valence-electron chi connectivity index (χ0n) is 14.2. The maximum Gasteiger partial charge on any atom is 0.308 e. The van der Waals surface area contributed by atoms with E-state index in [4.69, 9.17) is 9.47 Å². The number of benzene rings is 1. The van der Waals surface area contributed by atoms with E-state index < -0.39 is 5.97 Å². The van der Waals surface area contributed by atoms with Crippen molar-refractivity contribution in [2.45, 2.75) is 45.7 Å². The van der Waals surface area contributed by atoms with Gasteiger partial charge in [0, 0.05) is 12.6 Å². The van der Waals surface area contributed by atoms with E-state index in [2.05, 4.69) is 11.8 Å². The molecule has 2 rings (SSSR count). The second-order valence-corrected chi connectivity index (χ2v) is 6.13. The Morgan fingerprint density at radius 1 is 1.39 bits per heavy atom. The molecule has 5 heteroatoms.